The van der Waals surface area contributed by atoms with E-state index in [2.05, 4.69) is 9.72 Å². The molecule has 0 radical (unpaired) electrons. The third kappa shape index (κ3) is 2.81. The van der Waals surface area contributed by atoms with E-state index in [1.807, 2.05) is 19.1 Å². The van der Waals surface area contributed by atoms with E-state index in [0.29, 0.717) is 26.7 Å². The maximum atomic E-state index is 11.5. The van der Waals surface area contributed by atoms with Crippen LogP contribution in [0.25, 0.3) is 10.9 Å². The lowest BCUT2D eigenvalue weighted by atomic mass is 10.2. The van der Waals surface area contributed by atoms with Crippen LogP contribution in [0.1, 0.15) is 12.6 Å². The van der Waals surface area contributed by atoms with Crippen LogP contribution >= 0.6 is 23.2 Å². The molecule has 2 rings (SSSR count). The predicted octanol–water partition coefficient (Wildman–Crippen LogP) is 3.79. The number of carbonyl (C=O) groups excluding carboxylic acids is 1. The van der Waals surface area contributed by atoms with Crippen molar-refractivity contribution in [1.82, 2.24) is 4.98 Å². The number of esters is 1. The maximum Gasteiger partial charge on any atom is 0.346 e. The standard InChI is InChI=1S/C14H13Cl2NO3/c1-7-4-5-9-10(15)6-11(16)13(12(9)17-7)20-8(2)14(18)19-3/h4-6,8H,1-3H3/t8-/m1/s1. The summed E-state index contributed by atoms with van der Waals surface area (Å²) in [6.07, 6.45) is -0.788. The summed E-state index contributed by atoms with van der Waals surface area (Å²) >= 11 is 12.3. The van der Waals surface area contributed by atoms with Crippen molar-refractivity contribution in [3.05, 3.63) is 33.9 Å². The van der Waals surface area contributed by atoms with Gasteiger partial charge >= 0.3 is 5.97 Å². The molecule has 1 aromatic heterocycles. The number of carbonyl (C=O) groups is 1. The molecule has 1 atom stereocenters. The molecule has 0 spiro atoms. The lowest BCUT2D eigenvalue weighted by molar-refractivity contribution is -0.147. The van der Waals surface area contributed by atoms with Crippen molar-refractivity contribution in [2.75, 3.05) is 7.11 Å². The third-order valence-corrected chi connectivity index (χ3v) is 3.40. The molecule has 0 fully saturated rings. The summed E-state index contributed by atoms with van der Waals surface area (Å²) in [5, 5.41) is 1.50. The Bertz CT molecular complexity index is 673. The number of aryl methyl sites for hydroxylation is 1. The van der Waals surface area contributed by atoms with Crippen molar-refractivity contribution in [2.45, 2.75) is 20.0 Å². The fourth-order valence-electron chi connectivity index (χ4n) is 1.79. The van der Waals surface area contributed by atoms with E-state index in [-0.39, 0.29) is 0 Å². The Hall–Kier alpha value is -1.52. The zero-order valence-electron chi connectivity index (χ0n) is 11.2. The molecule has 2 aromatic rings. The van der Waals surface area contributed by atoms with Gasteiger partial charge in [-0.2, -0.15) is 0 Å². The Morgan fingerprint density at radius 3 is 2.65 bits per heavy atom. The molecule has 0 saturated heterocycles. The van der Waals surface area contributed by atoms with E-state index >= 15 is 0 Å². The smallest absolute Gasteiger partial charge is 0.346 e. The second-order valence-corrected chi connectivity index (χ2v) is 5.12. The Balaban J connectivity index is 2.57. The van der Waals surface area contributed by atoms with E-state index in [9.17, 15) is 4.79 Å². The van der Waals surface area contributed by atoms with Crippen molar-refractivity contribution in [3.8, 4) is 5.75 Å². The number of ether oxygens (including phenoxy) is 2. The number of aromatic nitrogens is 1. The number of methoxy groups -OCH3 is 1. The van der Waals surface area contributed by atoms with Crippen LogP contribution in [-0.4, -0.2) is 24.2 Å². The Morgan fingerprint density at radius 2 is 2.00 bits per heavy atom. The van der Waals surface area contributed by atoms with Gasteiger partial charge in [-0.05, 0) is 32.0 Å². The van der Waals surface area contributed by atoms with Gasteiger partial charge in [0.1, 0.15) is 5.52 Å². The summed E-state index contributed by atoms with van der Waals surface area (Å²) < 4.78 is 10.2. The lowest BCUT2D eigenvalue weighted by Crippen LogP contribution is -2.25. The summed E-state index contributed by atoms with van der Waals surface area (Å²) in [7, 11) is 1.30. The number of nitrogens with zero attached hydrogens (tertiary/aromatic N) is 1. The molecule has 0 bridgehead atoms. The number of hydrogen-bond donors (Lipinski definition) is 0. The Morgan fingerprint density at radius 1 is 1.30 bits per heavy atom. The minimum Gasteiger partial charge on any atom is -0.475 e. The van der Waals surface area contributed by atoms with Gasteiger partial charge < -0.3 is 9.47 Å². The summed E-state index contributed by atoms with van der Waals surface area (Å²) in [6.45, 7) is 3.43. The van der Waals surface area contributed by atoms with Gasteiger partial charge in [0, 0.05) is 11.1 Å². The van der Waals surface area contributed by atoms with Crippen molar-refractivity contribution >= 4 is 40.1 Å². The molecular formula is C14H13Cl2NO3. The van der Waals surface area contributed by atoms with Gasteiger partial charge in [-0.15, -0.1) is 0 Å². The number of benzene rings is 1. The van der Waals surface area contributed by atoms with Crippen molar-refractivity contribution in [3.63, 3.8) is 0 Å². The van der Waals surface area contributed by atoms with E-state index in [1.165, 1.54) is 7.11 Å². The molecular weight excluding hydrogens is 301 g/mol. The largest absolute Gasteiger partial charge is 0.475 e. The first-order chi connectivity index (χ1) is 9.43. The molecule has 0 amide bonds. The Kier molecular flexibility index (Phi) is 4.35. The first-order valence-corrected chi connectivity index (χ1v) is 6.69. The predicted molar refractivity (Wildman–Crippen MR) is 78.6 cm³/mol. The zero-order valence-corrected chi connectivity index (χ0v) is 12.7. The third-order valence-electron chi connectivity index (χ3n) is 2.80. The van der Waals surface area contributed by atoms with Crippen molar-refractivity contribution in [2.24, 2.45) is 0 Å². The highest BCUT2D eigenvalue weighted by molar-refractivity contribution is 6.39. The average Bonchev–Trinajstić information content (AvgIpc) is 2.41. The van der Waals surface area contributed by atoms with E-state index in [0.717, 1.165) is 5.69 Å². The molecule has 20 heavy (non-hydrogen) atoms. The van der Waals surface area contributed by atoms with E-state index in [4.69, 9.17) is 27.9 Å². The fourth-order valence-corrected chi connectivity index (χ4v) is 2.35. The normalized spacial score (nSPS) is 12.2. The molecule has 106 valence electrons. The van der Waals surface area contributed by atoms with Gasteiger partial charge in [0.15, 0.2) is 11.9 Å². The number of halogens is 2. The lowest BCUT2D eigenvalue weighted by Gasteiger charge is -2.16. The molecule has 0 saturated carbocycles. The molecule has 4 nitrogen and oxygen atoms in total. The maximum absolute atomic E-state index is 11.5. The number of hydrogen-bond acceptors (Lipinski definition) is 4. The molecule has 1 heterocycles. The van der Waals surface area contributed by atoms with Crippen LogP contribution in [0.4, 0.5) is 0 Å². The molecule has 6 heteroatoms. The van der Waals surface area contributed by atoms with Crippen LogP contribution in [0.15, 0.2) is 18.2 Å². The number of rotatable bonds is 3. The zero-order chi connectivity index (χ0) is 14.9. The minimum atomic E-state index is -0.788. The second-order valence-electron chi connectivity index (χ2n) is 4.30. The summed E-state index contributed by atoms with van der Waals surface area (Å²) in [5.41, 5.74) is 1.32. The monoisotopic (exact) mass is 313 g/mol. The van der Waals surface area contributed by atoms with Gasteiger partial charge in [0.05, 0.1) is 17.2 Å². The van der Waals surface area contributed by atoms with Crippen LogP contribution in [0.3, 0.4) is 0 Å². The molecule has 0 aliphatic heterocycles. The number of pyridine rings is 1. The van der Waals surface area contributed by atoms with Crippen molar-refractivity contribution < 1.29 is 14.3 Å². The average molecular weight is 314 g/mol. The highest BCUT2D eigenvalue weighted by Crippen LogP contribution is 2.37. The van der Waals surface area contributed by atoms with Crippen LogP contribution in [0.5, 0.6) is 5.75 Å². The molecule has 1 aromatic carbocycles. The summed E-state index contributed by atoms with van der Waals surface area (Å²) in [5.74, 6) is -0.163. The van der Waals surface area contributed by atoms with Gasteiger partial charge in [-0.25, -0.2) is 9.78 Å². The number of fused-ring (bicyclic) bond motifs is 1. The summed E-state index contributed by atoms with van der Waals surface area (Å²) in [4.78, 5) is 15.9. The molecule has 0 aliphatic carbocycles. The van der Waals surface area contributed by atoms with Crippen LogP contribution in [0, 0.1) is 6.92 Å². The van der Waals surface area contributed by atoms with Gasteiger partial charge in [0.2, 0.25) is 0 Å². The van der Waals surface area contributed by atoms with Crippen molar-refractivity contribution in [1.29, 1.82) is 0 Å². The summed E-state index contributed by atoms with van der Waals surface area (Å²) in [6, 6.07) is 5.25. The molecule has 0 N–H and O–H groups in total. The van der Waals surface area contributed by atoms with E-state index < -0.39 is 12.1 Å². The fraction of sp³-hybridized carbons (Fsp3) is 0.286. The highest BCUT2D eigenvalue weighted by atomic mass is 35.5. The Labute approximate surface area is 126 Å². The molecule has 0 aliphatic rings. The quantitative estimate of drug-likeness (QED) is 0.809. The van der Waals surface area contributed by atoms with Gasteiger partial charge in [-0.1, -0.05) is 23.2 Å². The van der Waals surface area contributed by atoms with Gasteiger partial charge in [-0.3, -0.25) is 0 Å². The second kappa shape index (κ2) is 5.85. The van der Waals surface area contributed by atoms with E-state index in [1.54, 1.807) is 13.0 Å². The first-order valence-electron chi connectivity index (χ1n) is 5.94. The minimum absolute atomic E-state index is 0.302. The van der Waals surface area contributed by atoms with Gasteiger partial charge in [0.25, 0.3) is 0 Å². The van der Waals surface area contributed by atoms with Crippen LogP contribution in [-0.2, 0) is 9.53 Å². The topological polar surface area (TPSA) is 48.4 Å². The van der Waals surface area contributed by atoms with Crippen LogP contribution < -0.4 is 4.74 Å². The SMILES string of the molecule is COC(=O)[C@@H](C)Oc1c(Cl)cc(Cl)c2ccc(C)nc12. The first kappa shape index (κ1) is 14.9. The highest BCUT2D eigenvalue weighted by Gasteiger charge is 2.20. The van der Waals surface area contributed by atoms with Crippen LogP contribution in [0.2, 0.25) is 10.0 Å². The molecule has 0 unspecified atom stereocenters.